The molecule has 0 radical (unpaired) electrons. The van der Waals surface area contributed by atoms with Gasteiger partial charge < -0.3 is 0 Å². The molecule has 1 atom stereocenters. The second-order valence-electron chi connectivity index (χ2n) is 4.62. The van der Waals surface area contributed by atoms with E-state index in [4.69, 9.17) is 4.74 Å². The molecular formula is C16H24OSe. The van der Waals surface area contributed by atoms with Crippen molar-refractivity contribution in [2.24, 2.45) is 0 Å². The quantitative estimate of drug-likeness (QED) is 0.400. The summed E-state index contributed by atoms with van der Waals surface area (Å²) in [5.41, 5.74) is 1.49. The summed E-state index contributed by atoms with van der Waals surface area (Å²) in [5.74, 6) is 2.35. The number of ether oxygens (including phenoxy) is 1. The first-order valence-corrected chi connectivity index (χ1v) is 9.04. The van der Waals surface area contributed by atoms with Crippen LogP contribution in [0.25, 0.3) is 0 Å². The number of rotatable bonds is 8. The molecule has 0 saturated heterocycles. The third-order valence-electron chi connectivity index (χ3n) is 3.29. The van der Waals surface area contributed by atoms with Crippen LogP contribution in [0.3, 0.4) is 0 Å². The fraction of sp³-hybridized carbons (Fsp3) is 0.500. The van der Waals surface area contributed by atoms with E-state index in [1.54, 1.807) is 7.11 Å². The van der Waals surface area contributed by atoms with Crippen molar-refractivity contribution >= 4 is 15.0 Å². The predicted octanol–water partition coefficient (Wildman–Crippen LogP) is 4.03. The van der Waals surface area contributed by atoms with Crippen LogP contribution in [0, 0.1) is 0 Å². The Hall–Kier alpha value is -0.561. The number of hydrogen-bond acceptors (Lipinski definition) is 1. The van der Waals surface area contributed by atoms with Gasteiger partial charge in [0.25, 0.3) is 0 Å². The number of unbranched alkanes of at least 4 members (excludes halogenated alkanes) is 1. The minimum absolute atomic E-state index is 0.378. The molecule has 100 valence electrons. The molecule has 0 bridgehead atoms. The van der Waals surface area contributed by atoms with Gasteiger partial charge in [-0.1, -0.05) is 0 Å². The van der Waals surface area contributed by atoms with E-state index in [0.717, 1.165) is 13.0 Å². The van der Waals surface area contributed by atoms with E-state index in [9.17, 15) is 0 Å². The van der Waals surface area contributed by atoms with Gasteiger partial charge in [0.1, 0.15) is 0 Å². The zero-order valence-corrected chi connectivity index (χ0v) is 13.4. The Morgan fingerprint density at radius 3 is 2.56 bits per heavy atom. The Morgan fingerprint density at radius 2 is 1.94 bits per heavy atom. The maximum absolute atomic E-state index is 5.00. The van der Waals surface area contributed by atoms with Crippen LogP contribution >= 0.6 is 0 Å². The van der Waals surface area contributed by atoms with Gasteiger partial charge in [-0.3, -0.25) is 0 Å². The normalized spacial score (nSPS) is 14.8. The van der Waals surface area contributed by atoms with E-state index >= 15 is 0 Å². The summed E-state index contributed by atoms with van der Waals surface area (Å²) < 4.78 is 5.37. The standard InChI is InChI=1S/C16H24OSe/c1-16(18-3,15-11-7-6-8-12-15)13-9-4-5-10-14-17-2/h5-8,10-12H,4,9,13-14H2,1-3H3/b10-5-. The first-order valence-electron chi connectivity index (χ1n) is 6.47. The van der Waals surface area contributed by atoms with Crippen LogP contribution < -0.4 is 0 Å². The molecule has 0 aliphatic heterocycles. The van der Waals surface area contributed by atoms with E-state index in [1.165, 1.54) is 18.4 Å². The van der Waals surface area contributed by atoms with Gasteiger partial charge in [-0.15, -0.1) is 0 Å². The molecule has 18 heavy (non-hydrogen) atoms. The van der Waals surface area contributed by atoms with Gasteiger partial charge in [0.2, 0.25) is 0 Å². The van der Waals surface area contributed by atoms with Crippen molar-refractivity contribution in [3.05, 3.63) is 48.0 Å². The van der Waals surface area contributed by atoms with Crippen LogP contribution in [0.5, 0.6) is 0 Å². The molecule has 0 fully saturated rings. The Kier molecular flexibility index (Phi) is 7.34. The summed E-state index contributed by atoms with van der Waals surface area (Å²) in [4.78, 5) is 0. The molecule has 0 spiro atoms. The Bertz CT molecular complexity index is 347. The van der Waals surface area contributed by atoms with Crippen LogP contribution in [0.15, 0.2) is 42.5 Å². The molecule has 0 aliphatic rings. The second kappa shape index (κ2) is 8.53. The average molecular weight is 311 g/mol. The molecule has 1 aromatic rings. The second-order valence-corrected chi connectivity index (χ2v) is 7.37. The van der Waals surface area contributed by atoms with Gasteiger partial charge >= 0.3 is 118 Å². The first-order chi connectivity index (χ1) is 8.73. The van der Waals surface area contributed by atoms with E-state index in [1.807, 2.05) is 0 Å². The maximum atomic E-state index is 5.00. The summed E-state index contributed by atoms with van der Waals surface area (Å²) >= 11 is 0.630. The van der Waals surface area contributed by atoms with Crippen LogP contribution in [0.2, 0.25) is 5.82 Å². The topological polar surface area (TPSA) is 9.23 Å². The summed E-state index contributed by atoms with van der Waals surface area (Å²) in [6, 6.07) is 10.9. The van der Waals surface area contributed by atoms with Crippen molar-refractivity contribution < 1.29 is 4.74 Å². The third-order valence-corrected chi connectivity index (χ3v) is 6.10. The van der Waals surface area contributed by atoms with Crippen molar-refractivity contribution in [1.29, 1.82) is 0 Å². The molecule has 0 amide bonds. The molecule has 1 unspecified atom stereocenters. The molecule has 0 N–H and O–H groups in total. The van der Waals surface area contributed by atoms with Crippen molar-refractivity contribution in [1.82, 2.24) is 0 Å². The Morgan fingerprint density at radius 1 is 1.22 bits per heavy atom. The van der Waals surface area contributed by atoms with Gasteiger partial charge in [-0.2, -0.15) is 0 Å². The summed E-state index contributed by atoms with van der Waals surface area (Å²) in [7, 11) is 1.73. The molecule has 0 aliphatic carbocycles. The molecule has 0 heterocycles. The van der Waals surface area contributed by atoms with Crippen molar-refractivity contribution in [3.63, 3.8) is 0 Å². The Labute approximate surface area is 118 Å². The third kappa shape index (κ3) is 4.97. The van der Waals surface area contributed by atoms with Crippen molar-refractivity contribution in [2.75, 3.05) is 13.7 Å². The van der Waals surface area contributed by atoms with Crippen LogP contribution in [-0.2, 0) is 9.05 Å². The predicted molar refractivity (Wildman–Crippen MR) is 80.3 cm³/mol. The van der Waals surface area contributed by atoms with Crippen LogP contribution in [0.4, 0.5) is 0 Å². The molecule has 1 nitrogen and oxygen atoms in total. The molecular weight excluding hydrogens is 287 g/mol. The monoisotopic (exact) mass is 312 g/mol. The van der Waals surface area contributed by atoms with Gasteiger partial charge in [0, 0.05) is 0 Å². The fourth-order valence-corrected chi connectivity index (χ4v) is 3.51. The zero-order valence-electron chi connectivity index (χ0n) is 11.7. The average Bonchev–Trinajstić information content (AvgIpc) is 2.43. The van der Waals surface area contributed by atoms with E-state index in [0.29, 0.717) is 19.3 Å². The van der Waals surface area contributed by atoms with E-state index in [2.05, 4.69) is 55.2 Å². The summed E-state index contributed by atoms with van der Waals surface area (Å²) in [6.45, 7) is 3.13. The van der Waals surface area contributed by atoms with Crippen LogP contribution in [-0.4, -0.2) is 28.7 Å². The Balaban J connectivity index is 2.46. The molecule has 2 heteroatoms. The van der Waals surface area contributed by atoms with Gasteiger partial charge in [0.15, 0.2) is 0 Å². The number of allylic oxidation sites excluding steroid dienone is 1. The summed E-state index contributed by atoms with van der Waals surface area (Å²) in [5, 5.41) is 0. The van der Waals surface area contributed by atoms with Gasteiger partial charge in [-0.25, -0.2) is 0 Å². The molecule has 1 rings (SSSR count). The van der Waals surface area contributed by atoms with Crippen LogP contribution in [0.1, 0.15) is 31.7 Å². The number of benzene rings is 1. The van der Waals surface area contributed by atoms with Crippen molar-refractivity contribution in [2.45, 2.75) is 36.3 Å². The molecule has 0 saturated carbocycles. The first kappa shape index (κ1) is 15.5. The van der Waals surface area contributed by atoms with E-state index in [-0.39, 0.29) is 0 Å². The SMILES string of the molecule is COC/C=C\CCCC(C)([Se]C)c1ccccc1. The minimum atomic E-state index is 0.378. The molecule has 0 aromatic heterocycles. The fourth-order valence-electron chi connectivity index (χ4n) is 1.99. The van der Waals surface area contributed by atoms with Gasteiger partial charge in [0.05, 0.1) is 0 Å². The van der Waals surface area contributed by atoms with Crippen molar-refractivity contribution in [3.8, 4) is 0 Å². The zero-order chi connectivity index (χ0) is 13.3. The molecule has 1 aromatic carbocycles. The number of methoxy groups -OCH3 is 1. The van der Waals surface area contributed by atoms with E-state index < -0.39 is 0 Å². The van der Waals surface area contributed by atoms with Gasteiger partial charge in [-0.05, 0) is 0 Å². The number of hydrogen-bond donors (Lipinski definition) is 0. The summed E-state index contributed by atoms with van der Waals surface area (Å²) in [6.07, 6.45) is 8.02.